The van der Waals surface area contributed by atoms with Crippen molar-refractivity contribution >= 4 is 44.4 Å². The Kier molecular flexibility index (Phi) is 10.3. The molecule has 1 saturated heterocycles. The smallest absolute Gasteiger partial charge is 0.264 e. The predicted molar refractivity (Wildman–Crippen MR) is 212 cm³/mol. The first kappa shape index (κ1) is 37.9. The van der Waals surface area contributed by atoms with Crippen molar-refractivity contribution in [1.29, 1.82) is 0 Å². The molecule has 288 valence electrons. The van der Waals surface area contributed by atoms with Gasteiger partial charge < -0.3 is 18.9 Å². The Morgan fingerprint density at radius 1 is 0.981 bits per heavy atom. The summed E-state index contributed by atoms with van der Waals surface area (Å²) < 4.78 is 43.7. The molecule has 54 heavy (non-hydrogen) atoms. The number of ether oxygens (including phenoxy) is 2. The Morgan fingerprint density at radius 3 is 2.33 bits per heavy atom. The van der Waals surface area contributed by atoms with E-state index in [0.29, 0.717) is 36.8 Å². The number of methoxy groups -OCH3 is 1. The minimum atomic E-state index is -3.85. The van der Waals surface area contributed by atoms with Gasteiger partial charge in [0.25, 0.3) is 11.8 Å². The number of hydrogen-bond acceptors (Lipinski definition) is 7. The summed E-state index contributed by atoms with van der Waals surface area (Å²) >= 11 is 0. The lowest BCUT2D eigenvalue weighted by Gasteiger charge is -2.35. The molecule has 4 aromatic rings. The highest BCUT2D eigenvalue weighted by Gasteiger charge is 2.35. The van der Waals surface area contributed by atoms with Crippen LogP contribution in [0, 0.1) is 6.92 Å². The molecule has 2 aliphatic heterocycles. The lowest BCUT2D eigenvalue weighted by Crippen LogP contribution is -2.48. The van der Waals surface area contributed by atoms with Crippen molar-refractivity contribution in [3.63, 3.8) is 0 Å². The third-order valence-electron chi connectivity index (χ3n) is 11.3. The number of carbonyl (C=O) groups excluding carboxylic acids is 2. The summed E-state index contributed by atoms with van der Waals surface area (Å²) in [5.74, 6) is 0.288. The highest BCUT2D eigenvalue weighted by molar-refractivity contribution is 7.90. The molecule has 2 atom stereocenters. The first-order valence-electron chi connectivity index (χ1n) is 19.3. The number of nitrogens with one attached hydrogen (secondary N) is 1. The van der Waals surface area contributed by atoms with Gasteiger partial charge >= 0.3 is 0 Å². The molecule has 2 aromatic carbocycles. The number of allylic oxidation sites excluding steroid dienone is 1. The van der Waals surface area contributed by atoms with Crippen molar-refractivity contribution in [2.24, 2.45) is 0 Å². The molecular weight excluding hydrogens is 703 g/mol. The first-order valence-corrected chi connectivity index (χ1v) is 20.9. The van der Waals surface area contributed by atoms with Gasteiger partial charge in [0.05, 0.1) is 42.4 Å². The SMILES string of the molecule is COc1ccc2c(c1)C=C(c1nn(C(C)C)c(C)c1C(=O)N1C[C@@H](C)O[C@@H](C)C1)Cn1c-2c(C2CCCCC2)c2ccc(C(=O)NS(=O)(=O)C(C)C)cc21. The summed E-state index contributed by atoms with van der Waals surface area (Å²) in [5.41, 5.74) is 8.24. The van der Waals surface area contributed by atoms with Gasteiger partial charge in [-0.2, -0.15) is 5.10 Å². The van der Waals surface area contributed by atoms with Crippen molar-refractivity contribution in [1.82, 2.24) is 24.0 Å². The van der Waals surface area contributed by atoms with E-state index in [-0.39, 0.29) is 29.7 Å². The van der Waals surface area contributed by atoms with Gasteiger partial charge in [-0.1, -0.05) is 25.3 Å². The number of rotatable bonds is 8. The van der Waals surface area contributed by atoms with Crippen LogP contribution in [0.4, 0.5) is 0 Å². The maximum atomic E-state index is 14.7. The number of fused-ring (bicyclic) bond motifs is 5. The van der Waals surface area contributed by atoms with E-state index in [0.717, 1.165) is 70.4 Å². The van der Waals surface area contributed by atoms with E-state index in [4.69, 9.17) is 14.6 Å². The average molecular weight is 756 g/mol. The molecule has 2 amide bonds. The molecule has 4 heterocycles. The van der Waals surface area contributed by atoms with E-state index in [2.05, 4.69) is 35.3 Å². The van der Waals surface area contributed by atoms with Gasteiger partial charge in [0.2, 0.25) is 10.0 Å². The molecule has 2 aromatic heterocycles. The molecule has 0 bridgehead atoms. The number of hydrogen-bond donors (Lipinski definition) is 1. The quantitative estimate of drug-likeness (QED) is 0.195. The van der Waals surface area contributed by atoms with Gasteiger partial charge in [0.1, 0.15) is 11.4 Å². The van der Waals surface area contributed by atoms with Crippen molar-refractivity contribution < 1.29 is 27.5 Å². The summed E-state index contributed by atoms with van der Waals surface area (Å²) in [5, 5.41) is 5.47. The van der Waals surface area contributed by atoms with Crippen LogP contribution in [0.1, 0.15) is 129 Å². The fourth-order valence-corrected chi connectivity index (χ4v) is 9.25. The van der Waals surface area contributed by atoms with Gasteiger partial charge in [0, 0.05) is 52.4 Å². The molecule has 7 rings (SSSR count). The molecule has 3 aliphatic rings. The maximum absolute atomic E-state index is 14.7. The zero-order valence-corrected chi connectivity index (χ0v) is 33.5. The highest BCUT2D eigenvalue weighted by Crippen LogP contribution is 2.48. The molecule has 2 fully saturated rings. The van der Waals surface area contributed by atoms with Crippen molar-refractivity contribution in [3.05, 3.63) is 70.0 Å². The van der Waals surface area contributed by atoms with Gasteiger partial charge in [-0.05, 0) is 115 Å². The number of nitrogens with zero attached hydrogens (tertiary/aromatic N) is 4. The maximum Gasteiger partial charge on any atom is 0.264 e. The largest absolute Gasteiger partial charge is 0.497 e. The molecule has 0 spiro atoms. The normalized spacial score (nSPS) is 19.4. The Labute approximate surface area is 318 Å². The summed E-state index contributed by atoms with van der Waals surface area (Å²) in [6.45, 7) is 14.5. The zero-order chi connectivity index (χ0) is 38.6. The summed E-state index contributed by atoms with van der Waals surface area (Å²) in [7, 11) is -2.18. The fourth-order valence-electron chi connectivity index (χ4n) is 8.64. The van der Waals surface area contributed by atoms with Gasteiger partial charge in [-0.3, -0.25) is 14.3 Å². The van der Waals surface area contributed by atoms with E-state index in [1.54, 1.807) is 27.0 Å². The number of carbonyl (C=O) groups is 2. The molecule has 1 saturated carbocycles. The summed E-state index contributed by atoms with van der Waals surface area (Å²) in [6, 6.07) is 11.7. The summed E-state index contributed by atoms with van der Waals surface area (Å²) in [4.78, 5) is 30.1. The van der Waals surface area contributed by atoms with E-state index in [1.165, 1.54) is 12.0 Å². The van der Waals surface area contributed by atoms with Crippen LogP contribution < -0.4 is 9.46 Å². The molecule has 0 unspecified atom stereocenters. The second-order valence-corrected chi connectivity index (χ2v) is 18.1. The molecule has 1 N–H and O–H groups in total. The van der Waals surface area contributed by atoms with Crippen molar-refractivity contribution in [3.8, 4) is 17.0 Å². The Hall–Kier alpha value is -4.42. The van der Waals surface area contributed by atoms with E-state index in [1.807, 2.05) is 54.6 Å². The van der Waals surface area contributed by atoms with E-state index >= 15 is 0 Å². The minimum absolute atomic E-state index is 0.00987. The van der Waals surface area contributed by atoms with E-state index < -0.39 is 21.2 Å². The van der Waals surface area contributed by atoms with Crippen LogP contribution in [0.25, 0.3) is 33.8 Å². The number of aromatic nitrogens is 3. The molecule has 1 aliphatic carbocycles. The van der Waals surface area contributed by atoms with Crippen molar-refractivity contribution in [2.45, 2.75) is 117 Å². The van der Waals surface area contributed by atoms with Gasteiger partial charge in [-0.25, -0.2) is 13.1 Å². The van der Waals surface area contributed by atoms with Gasteiger partial charge in [-0.15, -0.1) is 0 Å². The number of sulfonamides is 1. The Balaban J connectivity index is 1.47. The number of benzene rings is 2. The lowest BCUT2D eigenvalue weighted by molar-refractivity contribution is -0.0586. The van der Waals surface area contributed by atoms with Crippen LogP contribution in [-0.4, -0.2) is 77.1 Å². The zero-order valence-electron chi connectivity index (χ0n) is 32.7. The Morgan fingerprint density at radius 2 is 1.69 bits per heavy atom. The van der Waals surface area contributed by atoms with Crippen LogP contribution in [0.15, 0.2) is 36.4 Å². The monoisotopic (exact) mass is 755 g/mol. The lowest BCUT2D eigenvalue weighted by atomic mass is 9.81. The number of amides is 2. The average Bonchev–Trinajstić information content (AvgIpc) is 3.58. The van der Waals surface area contributed by atoms with Crippen molar-refractivity contribution in [2.75, 3.05) is 20.2 Å². The minimum Gasteiger partial charge on any atom is -0.497 e. The molecular formula is C42H53N5O6S. The predicted octanol–water partition coefficient (Wildman–Crippen LogP) is 7.72. The topological polar surface area (TPSA) is 125 Å². The molecule has 0 radical (unpaired) electrons. The van der Waals surface area contributed by atoms with Crippen LogP contribution in [0.3, 0.4) is 0 Å². The molecule has 12 heteroatoms. The van der Waals surface area contributed by atoms with Crippen LogP contribution in [0.5, 0.6) is 5.75 Å². The van der Waals surface area contributed by atoms with Crippen LogP contribution in [-0.2, 0) is 21.3 Å². The fraction of sp³-hybridized carbons (Fsp3) is 0.500. The van der Waals surface area contributed by atoms with Crippen LogP contribution >= 0.6 is 0 Å². The Bertz CT molecular complexity index is 2250. The van der Waals surface area contributed by atoms with E-state index in [9.17, 15) is 18.0 Å². The van der Waals surface area contributed by atoms with Crippen LogP contribution in [0.2, 0.25) is 0 Å². The highest BCUT2D eigenvalue weighted by atomic mass is 32.2. The second-order valence-electron chi connectivity index (χ2n) is 15.9. The third kappa shape index (κ3) is 6.87. The van der Waals surface area contributed by atoms with Gasteiger partial charge in [0.15, 0.2) is 0 Å². The molecule has 11 nitrogen and oxygen atoms in total. The third-order valence-corrected chi connectivity index (χ3v) is 13.0. The number of morpholine rings is 1. The standard InChI is InChI=1S/C42H53N5O6S/c1-24(2)47-28(7)37(42(49)45-21-26(5)53-27(6)22-45)39(43-47)32-18-31-19-33(52-8)15-17-34(31)40-38(29-12-10-9-11-13-29)35-16-14-30(20-36(35)46(40)23-32)41(48)44-54(50,51)25(3)4/h14-20,24-27,29H,9-13,21-23H2,1-8H3,(H,44,48)/t26-,27+. The summed E-state index contributed by atoms with van der Waals surface area (Å²) in [6.07, 6.45) is 7.55. The second kappa shape index (κ2) is 14.7. The first-order chi connectivity index (χ1) is 25.7.